The molecule has 0 bridgehead atoms. The van der Waals surface area contributed by atoms with Gasteiger partial charge in [0.15, 0.2) is 0 Å². The average Bonchev–Trinajstić information content (AvgIpc) is 1.91. The van der Waals surface area contributed by atoms with Crippen LogP contribution < -0.4 is 0 Å². The van der Waals surface area contributed by atoms with E-state index in [4.69, 9.17) is 0 Å². The Hall–Kier alpha value is 0.194. The quantitative estimate of drug-likeness (QED) is 0.543. The van der Waals surface area contributed by atoms with Gasteiger partial charge in [-0.2, -0.15) is 0 Å². The van der Waals surface area contributed by atoms with Gasteiger partial charge in [-0.25, -0.2) is 0 Å². The van der Waals surface area contributed by atoms with E-state index in [-0.39, 0.29) is 0 Å². The molecule has 0 radical (unpaired) electrons. The molecule has 0 aromatic heterocycles. The van der Waals surface area contributed by atoms with Gasteiger partial charge in [0.25, 0.3) is 0 Å². The first kappa shape index (κ1) is 9.19. The molecular formula is C8H14V. The van der Waals surface area contributed by atoms with Gasteiger partial charge in [0, 0.05) is 0 Å². The van der Waals surface area contributed by atoms with Gasteiger partial charge in [-0.05, 0) is 0 Å². The Morgan fingerprint density at radius 2 is 2.33 bits per heavy atom. The first-order valence-electron chi connectivity index (χ1n) is 3.43. The summed E-state index contributed by atoms with van der Waals surface area (Å²) >= 11 is 2.50. The van der Waals surface area contributed by atoms with Crippen molar-refractivity contribution in [2.45, 2.75) is 26.2 Å². The molecule has 0 heterocycles. The normalized spacial score (nSPS) is 12.4. The van der Waals surface area contributed by atoms with Crippen molar-refractivity contribution in [3.05, 3.63) is 12.7 Å². The van der Waals surface area contributed by atoms with Gasteiger partial charge in [-0.1, -0.05) is 0 Å². The first-order chi connectivity index (χ1) is 4.35. The molecule has 51 valence electrons. The molecule has 0 aliphatic heterocycles. The minimum absolute atomic E-state index is 0.727. The van der Waals surface area contributed by atoms with E-state index in [1.54, 1.807) is 0 Å². The molecule has 0 amide bonds. The predicted octanol–water partition coefficient (Wildman–Crippen LogP) is 2.33. The van der Waals surface area contributed by atoms with Crippen molar-refractivity contribution < 1.29 is 17.0 Å². The molecule has 0 aromatic rings. The van der Waals surface area contributed by atoms with Gasteiger partial charge in [0.1, 0.15) is 0 Å². The summed E-state index contributed by atoms with van der Waals surface area (Å²) in [4.78, 5) is 0. The van der Waals surface area contributed by atoms with Crippen LogP contribution >= 0.6 is 0 Å². The fourth-order valence-corrected chi connectivity index (χ4v) is 1.01. The second kappa shape index (κ2) is 6.32. The van der Waals surface area contributed by atoms with E-state index in [2.05, 4.69) is 41.3 Å². The summed E-state index contributed by atoms with van der Waals surface area (Å²) in [6, 6.07) is 0. The van der Waals surface area contributed by atoms with Crippen molar-refractivity contribution >= 4 is 4.73 Å². The zero-order chi connectivity index (χ0) is 7.11. The van der Waals surface area contributed by atoms with E-state index < -0.39 is 0 Å². The molecule has 0 aliphatic carbocycles. The van der Waals surface area contributed by atoms with Crippen LogP contribution in [-0.4, -0.2) is 4.73 Å². The third-order valence-corrected chi connectivity index (χ3v) is 1.93. The second-order valence-corrected chi connectivity index (χ2v) is 2.73. The molecule has 0 saturated carbocycles. The van der Waals surface area contributed by atoms with Gasteiger partial charge in [0.05, 0.1) is 0 Å². The van der Waals surface area contributed by atoms with Crippen LogP contribution in [0.15, 0.2) is 12.7 Å². The monoisotopic (exact) mass is 161 g/mol. The zero-order valence-electron chi connectivity index (χ0n) is 6.01. The minimum atomic E-state index is 0.727. The van der Waals surface area contributed by atoms with Gasteiger partial charge < -0.3 is 0 Å². The van der Waals surface area contributed by atoms with Crippen molar-refractivity contribution in [1.29, 1.82) is 0 Å². The van der Waals surface area contributed by atoms with E-state index in [9.17, 15) is 0 Å². The second-order valence-electron chi connectivity index (χ2n) is 2.16. The molecule has 0 N–H and O–H groups in total. The molecule has 0 spiro atoms. The van der Waals surface area contributed by atoms with Crippen molar-refractivity contribution in [3.8, 4) is 0 Å². The standard InChI is InChI=1S/C8H14.V/c1-4-7-8(5-2)6-3;/h1,5,8H,2,4,6-7H2,3H3;. The number of allylic oxidation sites excluding steroid dienone is 1. The Bertz CT molecular complexity index is 86.6. The fraction of sp³-hybridized carbons (Fsp3) is 0.625. The molecule has 0 aromatic carbocycles. The van der Waals surface area contributed by atoms with Crippen LogP contribution in [-0.2, 0) is 17.0 Å². The summed E-state index contributed by atoms with van der Waals surface area (Å²) in [5.41, 5.74) is 0. The summed E-state index contributed by atoms with van der Waals surface area (Å²) in [6.07, 6.45) is 5.74. The SMILES string of the molecule is C=CC(CC)CC[CH]=[V]. The number of hydrogen-bond donors (Lipinski definition) is 0. The van der Waals surface area contributed by atoms with Crippen LogP contribution in [0.5, 0.6) is 0 Å². The maximum atomic E-state index is 3.77. The summed E-state index contributed by atoms with van der Waals surface area (Å²) in [5.74, 6) is 0.727. The Labute approximate surface area is 66.8 Å². The van der Waals surface area contributed by atoms with Crippen molar-refractivity contribution in [2.24, 2.45) is 5.92 Å². The van der Waals surface area contributed by atoms with Crippen molar-refractivity contribution in [3.63, 3.8) is 0 Å². The molecule has 1 atom stereocenters. The third-order valence-electron chi connectivity index (χ3n) is 1.52. The topological polar surface area (TPSA) is 0 Å². The average molecular weight is 161 g/mol. The molecular weight excluding hydrogens is 147 g/mol. The van der Waals surface area contributed by atoms with Crippen LogP contribution in [0.25, 0.3) is 0 Å². The van der Waals surface area contributed by atoms with Crippen LogP contribution in [0.2, 0.25) is 0 Å². The van der Waals surface area contributed by atoms with Crippen LogP contribution in [0, 0.1) is 5.92 Å². The third kappa shape index (κ3) is 4.68. The summed E-state index contributed by atoms with van der Waals surface area (Å²) in [6.45, 7) is 5.97. The van der Waals surface area contributed by atoms with E-state index in [0.29, 0.717) is 0 Å². The number of rotatable bonds is 5. The summed E-state index contributed by atoms with van der Waals surface area (Å²) < 4.78 is 2.15. The van der Waals surface area contributed by atoms with E-state index in [1.807, 2.05) is 0 Å². The summed E-state index contributed by atoms with van der Waals surface area (Å²) in [7, 11) is 0. The molecule has 0 saturated heterocycles. The predicted molar refractivity (Wildman–Crippen MR) is 39.3 cm³/mol. The van der Waals surface area contributed by atoms with Crippen molar-refractivity contribution in [2.75, 3.05) is 0 Å². The van der Waals surface area contributed by atoms with Gasteiger partial charge >= 0.3 is 66.5 Å². The summed E-state index contributed by atoms with van der Waals surface area (Å²) in [5, 5.41) is 0. The maximum absolute atomic E-state index is 3.77. The van der Waals surface area contributed by atoms with Gasteiger partial charge in [-0.3, -0.25) is 0 Å². The fourth-order valence-electron chi connectivity index (χ4n) is 0.777. The zero-order valence-corrected chi connectivity index (χ0v) is 7.40. The molecule has 1 heteroatoms. The molecule has 0 fully saturated rings. The van der Waals surface area contributed by atoms with E-state index in [1.165, 1.54) is 19.3 Å². The molecule has 9 heavy (non-hydrogen) atoms. The Kier molecular flexibility index (Phi) is 6.45. The Balaban J connectivity index is 3.30. The molecule has 0 nitrogen and oxygen atoms in total. The Morgan fingerprint density at radius 3 is 2.67 bits per heavy atom. The van der Waals surface area contributed by atoms with Crippen LogP contribution in [0.4, 0.5) is 0 Å². The molecule has 1 unspecified atom stereocenters. The van der Waals surface area contributed by atoms with E-state index >= 15 is 0 Å². The van der Waals surface area contributed by atoms with Gasteiger partial charge in [0.2, 0.25) is 0 Å². The van der Waals surface area contributed by atoms with Crippen LogP contribution in [0.1, 0.15) is 26.2 Å². The Morgan fingerprint density at radius 1 is 1.67 bits per heavy atom. The van der Waals surface area contributed by atoms with E-state index in [0.717, 1.165) is 5.92 Å². The number of hydrogen-bond acceptors (Lipinski definition) is 0. The van der Waals surface area contributed by atoms with Crippen LogP contribution in [0.3, 0.4) is 0 Å². The molecule has 0 aliphatic rings. The van der Waals surface area contributed by atoms with Crippen molar-refractivity contribution in [1.82, 2.24) is 0 Å². The molecule has 0 rings (SSSR count). The first-order valence-corrected chi connectivity index (χ1v) is 4.24. The van der Waals surface area contributed by atoms with Gasteiger partial charge in [-0.15, -0.1) is 0 Å².